The number of nitrogens with zero attached hydrogens (tertiary/aromatic N) is 2. The molecule has 0 fully saturated rings. The van der Waals surface area contributed by atoms with E-state index in [1.54, 1.807) is 0 Å². The van der Waals surface area contributed by atoms with E-state index in [0.29, 0.717) is 0 Å². The molecule has 29 heavy (non-hydrogen) atoms. The minimum Gasteiger partial charge on any atom is -0.251 e. The quantitative estimate of drug-likeness (QED) is 0.234. The maximum absolute atomic E-state index is 13.6. The molecule has 0 amide bonds. The van der Waals surface area contributed by atoms with Crippen LogP contribution in [0.25, 0.3) is 0 Å². The molecule has 0 radical (unpaired) electrons. The Balaban J connectivity index is 2.44. The molecular weight excluding hydrogens is 422 g/mol. The van der Waals surface area contributed by atoms with Crippen LogP contribution in [-0.4, -0.2) is 11.4 Å². The summed E-state index contributed by atoms with van der Waals surface area (Å²) in [5.74, 6) is -22.6. The zero-order chi connectivity index (χ0) is 22.2. The number of hydrogen-bond acceptors (Lipinski definition) is 2. The van der Waals surface area contributed by atoms with E-state index in [1.807, 2.05) is 0 Å². The zero-order valence-electron chi connectivity index (χ0n) is 14.4. The molecule has 2 aromatic carbocycles. The van der Waals surface area contributed by atoms with E-state index in [4.69, 9.17) is 0 Å². The first-order chi connectivity index (χ1) is 13.4. The Morgan fingerprint density at radius 1 is 0.448 bits per heavy atom. The van der Waals surface area contributed by atoms with E-state index in [1.165, 1.54) is 0 Å². The number of benzene rings is 2. The van der Waals surface area contributed by atoms with Gasteiger partial charge in [0.25, 0.3) is 0 Å². The highest BCUT2D eigenvalue weighted by atomic mass is 19.2. The standard InChI is InChI=1S/C17H8F10N2/c1-4(28-16-12(24)8(20)6(18)9(21)13(16)25)3-5(2)29-17-14(26)10(22)7(19)11(23)15(17)27/h3H2,1-2H3. The van der Waals surface area contributed by atoms with Gasteiger partial charge in [-0.25, -0.2) is 43.9 Å². The maximum atomic E-state index is 13.6. The Labute approximate surface area is 156 Å². The van der Waals surface area contributed by atoms with Gasteiger partial charge in [-0.15, -0.1) is 0 Å². The second kappa shape index (κ2) is 8.21. The molecule has 0 aliphatic heterocycles. The van der Waals surface area contributed by atoms with Crippen LogP contribution < -0.4 is 0 Å². The van der Waals surface area contributed by atoms with Gasteiger partial charge in [0.1, 0.15) is 11.4 Å². The van der Waals surface area contributed by atoms with Gasteiger partial charge in [-0.05, 0) is 13.8 Å². The third-order valence-electron chi connectivity index (χ3n) is 3.49. The van der Waals surface area contributed by atoms with Gasteiger partial charge >= 0.3 is 0 Å². The summed E-state index contributed by atoms with van der Waals surface area (Å²) in [4.78, 5) is 6.48. The van der Waals surface area contributed by atoms with Crippen molar-refractivity contribution in [3.05, 3.63) is 58.2 Å². The van der Waals surface area contributed by atoms with Gasteiger partial charge in [-0.2, -0.15) is 0 Å². The number of aliphatic imine (C=N–C) groups is 2. The zero-order valence-corrected chi connectivity index (χ0v) is 14.4. The molecule has 0 aliphatic carbocycles. The Morgan fingerprint density at radius 2 is 0.655 bits per heavy atom. The van der Waals surface area contributed by atoms with Gasteiger partial charge < -0.3 is 0 Å². The summed E-state index contributed by atoms with van der Waals surface area (Å²) in [7, 11) is 0. The smallest absolute Gasteiger partial charge is 0.200 e. The summed E-state index contributed by atoms with van der Waals surface area (Å²) in [6, 6.07) is 0. The van der Waals surface area contributed by atoms with E-state index < -0.39 is 76.0 Å². The predicted octanol–water partition coefficient (Wildman–Crippen LogP) is 6.35. The molecule has 0 atom stereocenters. The summed E-state index contributed by atoms with van der Waals surface area (Å²) in [6.45, 7) is 2.10. The lowest BCUT2D eigenvalue weighted by Crippen LogP contribution is -2.05. The average molecular weight is 430 g/mol. The summed E-state index contributed by atoms with van der Waals surface area (Å²) in [5.41, 5.74) is -3.69. The van der Waals surface area contributed by atoms with Crippen molar-refractivity contribution in [3.63, 3.8) is 0 Å². The lowest BCUT2D eigenvalue weighted by atomic mass is 10.2. The van der Waals surface area contributed by atoms with Gasteiger partial charge in [-0.3, -0.25) is 9.98 Å². The van der Waals surface area contributed by atoms with Gasteiger partial charge in [0.2, 0.25) is 11.6 Å². The third kappa shape index (κ3) is 4.10. The summed E-state index contributed by atoms with van der Waals surface area (Å²) in [5, 5.41) is 0. The molecule has 0 bridgehead atoms. The van der Waals surface area contributed by atoms with Crippen LogP contribution in [0.1, 0.15) is 20.3 Å². The first kappa shape index (κ1) is 22.4. The Morgan fingerprint density at radius 3 is 0.897 bits per heavy atom. The molecule has 0 aromatic heterocycles. The van der Waals surface area contributed by atoms with Gasteiger partial charge in [-0.1, -0.05) is 0 Å². The fraction of sp³-hybridized carbons (Fsp3) is 0.176. The van der Waals surface area contributed by atoms with Crippen molar-refractivity contribution >= 4 is 22.8 Å². The van der Waals surface area contributed by atoms with Crippen LogP contribution in [0.2, 0.25) is 0 Å². The molecular formula is C17H8F10N2. The topological polar surface area (TPSA) is 24.7 Å². The van der Waals surface area contributed by atoms with E-state index >= 15 is 0 Å². The largest absolute Gasteiger partial charge is 0.251 e. The molecule has 0 aliphatic rings. The van der Waals surface area contributed by atoms with Crippen molar-refractivity contribution in [1.29, 1.82) is 0 Å². The molecule has 12 heteroatoms. The highest BCUT2D eigenvalue weighted by Gasteiger charge is 2.27. The summed E-state index contributed by atoms with van der Waals surface area (Å²) < 4.78 is 133. The van der Waals surface area contributed by atoms with Crippen molar-refractivity contribution < 1.29 is 43.9 Å². The molecule has 0 saturated carbocycles. The molecule has 2 rings (SSSR count). The Hall–Kier alpha value is -2.92. The van der Waals surface area contributed by atoms with Crippen molar-refractivity contribution in [2.75, 3.05) is 0 Å². The second-order valence-electron chi connectivity index (χ2n) is 5.71. The van der Waals surface area contributed by atoms with Crippen molar-refractivity contribution in [2.24, 2.45) is 9.98 Å². The van der Waals surface area contributed by atoms with Crippen LogP contribution in [-0.2, 0) is 0 Å². The minimum atomic E-state index is -2.39. The molecule has 0 N–H and O–H groups in total. The SMILES string of the molecule is CC(CC(C)=Nc1c(F)c(F)c(F)c(F)c1F)=Nc1c(F)c(F)c(F)c(F)c1F. The molecule has 0 spiro atoms. The lowest BCUT2D eigenvalue weighted by molar-refractivity contribution is 0.381. The molecule has 0 saturated heterocycles. The average Bonchev–Trinajstić information content (AvgIpc) is 2.68. The van der Waals surface area contributed by atoms with Crippen molar-refractivity contribution in [2.45, 2.75) is 20.3 Å². The highest BCUT2D eigenvalue weighted by Crippen LogP contribution is 2.31. The highest BCUT2D eigenvalue weighted by molar-refractivity contribution is 6.04. The predicted molar refractivity (Wildman–Crippen MR) is 82.6 cm³/mol. The van der Waals surface area contributed by atoms with Crippen molar-refractivity contribution in [3.8, 4) is 0 Å². The maximum Gasteiger partial charge on any atom is 0.200 e. The van der Waals surface area contributed by atoms with Crippen LogP contribution in [0.15, 0.2) is 9.98 Å². The fourth-order valence-electron chi connectivity index (χ4n) is 2.21. The van der Waals surface area contributed by atoms with E-state index in [9.17, 15) is 43.9 Å². The first-order valence-corrected chi connectivity index (χ1v) is 7.49. The molecule has 2 nitrogen and oxygen atoms in total. The number of hydrogen-bond donors (Lipinski definition) is 0. The molecule has 0 heterocycles. The van der Waals surface area contributed by atoms with E-state index in [-0.39, 0.29) is 11.4 Å². The monoisotopic (exact) mass is 430 g/mol. The van der Waals surface area contributed by atoms with Gasteiger partial charge in [0, 0.05) is 17.8 Å². The van der Waals surface area contributed by atoms with Crippen LogP contribution in [0.3, 0.4) is 0 Å². The first-order valence-electron chi connectivity index (χ1n) is 7.49. The van der Waals surface area contributed by atoms with E-state index in [0.717, 1.165) is 13.8 Å². The number of rotatable bonds is 4. The van der Waals surface area contributed by atoms with Crippen molar-refractivity contribution in [1.82, 2.24) is 0 Å². The lowest BCUT2D eigenvalue weighted by Gasteiger charge is -2.07. The molecule has 2 aromatic rings. The third-order valence-corrected chi connectivity index (χ3v) is 3.49. The summed E-state index contributed by atoms with van der Waals surface area (Å²) in [6.07, 6.45) is -0.557. The Bertz CT molecular complexity index is 918. The number of halogens is 10. The van der Waals surface area contributed by atoms with Gasteiger partial charge in [0.05, 0.1) is 0 Å². The Kier molecular flexibility index (Phi) is 6.34. The van der Waals surface area contributed by atoms with Crippen LogP contribution >= 0.6 is 0 Å². The van der Waals surface area contributed by atoms with Crippen LogP contribution in [0, 0.1) is 58.2 Å². The minimum absolute atomic E-state index is 0.335. The normalized spacial score (nSPS) is 12.7. The fourth-order valence-corrected chi connectivity index (χ4v) is 2.21. The van der Waals surface area contributed by atoms with Crippen LogP contribution in [0.5, 0.6) is 0 Å². The second-order valence-corrected chi connectivity index (χ2v) is 5.71. The van der Waals surface area contributed by atoms with E-state index in [2.05, 4.69) is 9.98 Å². The van der Waals surface area contributed by atoms with Gasteiger partial charge in [0.15, 0.2) is 46.5 Å². The summed E-state index contributed by atoms with van der Waals surface area (Å²) >= 11 is 0. The molecule has 0 unspecified atom stereocenters. The molecule has 156 valence electrons. The van der Waals surface area contributed by atoms with Crippen LogP contribution in [0.4, 0.5) is 55.3 Å².